The normalized spacial score (nSPS) is 19.9. The molecular formula is C9H12N2O2S. The van der Waals surface area contributed by atoms with Crippen molar-refractivity contribution in [1.82, 2.24) is 0 Å². The highest BCUT2D eigenvalue weighted by atomic mass is 32.2. The second-order valence-corrected chi connectivity index (χ2v) is 5.02. The zero-order valence-corrected chi connectivity index (χ0v) is 8.88. The molecule has 1 aliphatic rings. The second kappa shape index (κ2) is 3.88. The van der Waals surface area contributed by atoms with E-state index in [1.165, 1.54) is 6.08 Å². The van der Waals surface area contributed by atoms with Gasteiger partial charge in [0.15, 0.2) is 0 Å². The molecule has 1 aliphatic heterocycles. The fourth-order valence-electron chi connectivity index (χ4n) is 0.961. The van der Waals surface area contributed by atoms with Crippen LogP contribution in [0.2, 0.25) is 0 Å². The Morgan fingerprint density at radius 3 is 2.64 bits per heavy atom. The van der Waals surface area contributed by atoms with Gasteiger partial charge in [0.2, 0.25) is 9.84 Å². The summed E-state index contributed by atoms with van der Waals surface area (Å²) in [5.74, 6) is 0.269. The Balaban J connectivity index is 3.13. The van der Waals surface area contributed by atoms with E-state index in [0.717, 1.165) is 11.8 Å². The van der Waals surface area contributed by atoms with E-state index in [0.29, 0.717) is 0 Å². The van der Waals surface area contributed by atoms with E-state index < -0.39 is 9.84 Å². The monoisotopic (exact) mass is 212 g/mol. The minimum atomic E-state index is -3.39. The Bertz CT molecular complexity index is 428. The van der Waals surface area contributed by atoms with Crippen molar-refractivity contribution >= 4 is 21.6 Å². The molecule has 0 aromatic heterocycles. The minimum Gasteiger partial charge on any atom is -0.306 e. The summed E-state index contributed by atoms with van der Waals surface area (Å²) in [5, 5.41) is 7.00. The quantitative estimate of drug-likeness (QED) is 0.720. The lowest BCUT2D eigenvalue weighted by atomic mass is 10.2. The highest BCUT2D eigenvalue weighted by molar-refractivity contribution is 8.08. The Morgan fingerprint density at radius 2 is 2.14 bits per heavy atom. The first kappa shape index (κ1) is 10.8. The van der Waals surface area contributed by atoms with Crippen LogP contribution in [0.25, 0.3) is 0 Å². The summed E-state index contributed by atoms with van der Waals surface area (Å²) >= 11 is 0. The maximum absolute atomic E-state index is 11.4. The van der Waals surface area contributed by atoms with Crippen molar-refractivity contribution in [3.05, 3.63) is 22.8 Å². The molecule has 0 atom stereocenters. The molecule has 0 fully saturated rings. The first-order chi connectivity index (χ1) is 6.47. The molecule has 0 saturated carbocycles. The van der Waals surface area contributed by atoms with Gasteiger partial charge in [-0.25, -0.2) is 13.4 Å². The number of hydrogen-bond acceptors (Lipinski definition) is 4. The Labute approximate surface area is 83.5 Å². The molecule has 14 heavy (non-hydrogen) atoms. The van der Waals surface area contributed by atoms with E-state index >= 15 is 0 Å². The predicted molar refractivity (Wildman–Crippen MR) is 57.2 cm³/mol. The van der Waals surface area contributed by atoms with Crippen LogP contribution in [0.15, 0.2) is 27.7 Å². The van der Waals surface area contributed by atoms with Crippen LogP contribution in [0.4, 0.5) is 0 Å². The average Bonchev–Trinajstić information content (AvgIpc) is 2.37. The van der Waals surface area contributed by atoms with Crippen molar-refractivity contribution in [2.75, 3.05) is 0 Å². The summed E-state index contributed by atoms with van der Waals surface area (Å²) in [6, 6.07) is 0. The van der Waals surface area contributed by atoms with E-state index in [1.807, 2.05) is 13.8 Å². The van der Waals surface area contributed by atoms with Crippen molar-refractivity contribution in [2.24, 2.45) is 10.9 Å². The van der Waals surface area contributed by atoms with Crippen LogP contribution in [-0.4, -0.2) is 20.2 Å². The van der Waals surface area contributed by atoms with Crippen molar-refractivity contribution in [1.29, 1.82) is 5.41 Å². The third-order valence-corrected chi connectivity index (χ3v) is 3.00. The molecular weight excluding hydrogens is 200 g/mol. The third-order valence-electron chi connectivity index (χ3n) is 1.66. The molecule has 0 aromatic carbocycles. The maximum atomic E-state index is 11.4. The van der Waals surface area contributed by atoms with Gasteiger partial charge in [-0.3, -0.25) is 0 Å². The Morgan fingerprint density at radius 1 is 1.50 bits per heavy atom. The molecule has 0 aromatic rings. The highest BCUT2D eigenvalue weighted by Gasteiger charge is 2.22. The van der Waals surface area contributed by atoms with Gasteiger partial charge in [0.1, 0.15) is 11.2 Å². The fourth-order valence-corrected chi connectivity index (χ4v) is 2.00. The fraction of sp³-hybridized carbons (Fsp3) is 0.333. The summed E-state index contributed by atoms with van der Waals surface area (Å²) < 4.78 is 22.8. The number of hydrogen-bond donors (Lipinski definition) is 1. The Hall–Kier alpha value is -1.23. The summed E-state index contributed by atoms with van der Waals surface area (Å²) in [7, 11) is -3.39. The summed E-state index contributed by atoms with van der Waals surface area (Å²) in [5.41, 5.74) is 1.08. The number of sulfone groups is 1. The highest BCUT2D eigenvalue weighted by Crippen LogP contribution is 2.20. The minimum absolute atomic E-state index is 0.112. The molecule has 76 valence electrons. The van der Waals surface area contributed by atoms with Crippen molar-refractivity contribution in [3.63, 3.8) is 0 Å². The molecule has 0 radical (unpaired) electrons. The SMILES string of the molecule is CC(C)C=CC1=C(C=N)N=CS1(=O)=O. The first-order valence-electron chi connectivity index (χ1n) is 4.19. The second-order valence-electron chi connectivity index (χ2n) is 3.28. The topological polar surface area (TPSA) is 70.3 Å². The lowest BCUT2D eigenvalue weighted by Gasteiger charge is -1.96. The van der Waals surface area contributed by atoms with Crippen LogP contribution >= 0.6 is 0 Å². The summed E-state index contributed by atoms with van der Waals surface area (Å²) in [6.07, 6.45) is 4.22. The molecule has 1 N–H and O–H groups in total. The van der Waals surface area contributed by atoms with Crippen LogP contribution < -0.4 is 0 Å². The third kappa shape index (κ3) is 2.17. The zero-order chi connectivity index (χ0) is 10.8. The number of aliphatic imine (C=N–C) groups is 1. The van der Waals surface area contributed by atoms with Crippen molar-refractivity contribution in [2.45, 2.75) is 13.8 Å². The molecule has 5 heteroatoms. The Kier molecular flexibility index (Phi) is 3.00. The number of nitrogens with one attached hydrogen (secondary N) is 1. The van der Waals surface area contributed by atoms with Crippen molar-refractivity contribution in [3.8, 4) is 0 Å². The smallest absolute Gasteiger partial charge is 0.219 e. The van der Waals surface area contributed by atoms with E-state index in [4.69, 9.17) is 5.41 Å². The molecule has 0 saturated heterocycles. The molecule has 0 aliphatic carbocycles. The molecule has 0 amide bonds. The van der Waals surface area contributed by atoms with Gasteiger partial charge in [0.25, 0.3) is 0 Å². The molecule has 4 nitrogen and oxygen atoms in total. The van der Waals surface area contributed by atoms with Gasteiger partial charge < -0.3 is 5.41 Å². The average molecular weight is 212 g/mol. The molecule has 0 spiro atoms. The van der Waals surface area contributed by atoms with Gasteiger partial charge in [-0.2, -0.15) is 0 Å². The van der Waals surface area contributed by atoms with E-state index in [9.17, 15) is 8.42 Å². The van der Waals surface area contributed by atoms with Crippen molar-refractivity contribution < 1.29 is 8.42 Å². The number of nitrogens with zero attached hydrogens (tertiary/aromatic N) is 1. The number of allylic oxidation sites excluding steroid dienone is 3. The first-order valence-corrected chi connectivity index (χ1v) is 5.74. The lowest BCUT2D eigenvalue weighted by molar-refractivity contribution is 0.614. The molecule has 0 bridgehead atoms. The maximum Gasteiger partial charge on any atom is 0.219 e. The van der Waals surface area contributed by atoms with Crippen LogP contribution in [0.3, 0.4) is 0 Å². The van der Waals surface area contributed by atoms with Crippen LogP contribution in [0, 0.1) is 11.3 Å². The van der Waals surface area contributed by atoms with Crippen LogP contribution in [-0.2, 0) is 9.84 Å². The van der Waals surface area contributed by atoms with Crippen LogP contribution in [0.5, 0.6) is 0 Å². The molecule has 1 rings (SSSR count). The standard InChI is InChI=1S/C9H12N2O2S/c1-7(2)3-4-9-8(5-10)11-6-14(9,12)13/h3-7,10H,1-2H3. The van der Waals surface area contributed by atoms with Gasteiger partial charge in [-0.05, 0) is 12.0 Å². The van der Waals surface area contributed by atoms with E-state index in [1.54, 1.807) is 6.08 Å². The van der Waals surface area contributed by atoms with Gasteiger partial charge in [-0.1, -0.05) is 19.9 Å². The van der Waals surface area contributed by atoms with Crippen LogP contribution in [0.1, 0.15) is 13.8 Å². The van der Waals surface area contributed by atoms with E-state index in [2.05, 4.69) is 4.99 Å². The summed E-state index contributed by atoms with van der Waals surface area (Å²) in [4.78, 5) is 3.75. The molecule has 1 heterocycles. The number of rotatable bonds is 3. The van der Waals surface area contributed by atoms with Gasteiger partial charge in [0, 0.05) is 6.21 Å². The largest absolute Gasteiger partial charge is 0.306 e. The zero-order valence-electron chi connectivity index (χ0n) is 8.06. The molecule has 0 unspecified atom stereocenters. The predicted octanol–water partition coefficient (Wildman–Crippen LogP) is 1.52. The van der Waals surface area contributed by atoms with Gasteiger partial charge >= 0.3 is 0 Å². The van der Waals surface area contributed by atoms with Gasteiger partial charge in [-0.15, -0.1) is 0 Å². The lowest BCUT2D eigenvalue weighted by Crippen LogP contribution is -1.99. The van der Waals surface area contributed by atoms with E-state index in [-0.39, 0.29) is 16.5 Å². The summed E-state index contributed by atoms with van der Waals surface area (Å²) in [6.45, 7) is 3.90. The van der Waals surface area contributed by atoms with Gasteiger partial charge in [0.05, 0.1) is 4.91 Å².